The number of nitrogens with zero attached hydrogens (tertiary/aromatic N) is 2. The largest absolute Gasteiger partial charge is 0.396 e. The number of aromatic nitrogens is 2. The topological polar surface area (TPSA) is 90.0 Å². The molecule has 1 aromatic rings. The van der Waals surface area contributed by atoms with E-state index >= 15 is 0 Å². The van der Waals surface area contributed by atoms with Crippen molar-refractivity contribution in [1.82, 2.24) is 15.1 Å². The van der Waals surface area contributed by atoms with E-state index in [4.69, 9.17) is 5.73 Å². The highest BCUT2D eigenvalue weighted by molar-refractivity contribution is 7.84. The quantitative estimate of drug-likeness (QED) is 0.750. The number of anilines is 1. The number of hydrogen-bond donors (Lipinski definition) is 2. The van der Waals surface area contributed by atoms with Crippen LogP contribution < -0.4 is 11.1 Å². The number of hydrogen-bond acceptors (Lipinski definition) is 4. The van der Waals surface area contributed by atoms with Crippen LogP contribution in [0.4, 0.5) is 5.69 Å². The summed E-state index contributed by atoms with van der Waals surface area (Å²) in [6.07, 6.45) is 1.61. The van der Waals surface area contributed by atoms with Crippen molar-refractivity contribution in [2.24, 2.45) is 0 Å². The summed E-state index contributed by atoms with van der Waals surface area (Å²) in [7, 11) is -0.890. The van der Waals surface area contributed by atoms with E-state index in [-0.39, 0.29) is 12.5 Å². The Hall–Kier alpha value is -1.37. The Balaban J connectivity index is 2.51. The zero-order valence-corrected chi connectivity index (χ0v) is 11.1. The van der Waals surface area contributed by atoms with E-state index in [0.717, 1.165) is 11.4 Å². The van der Waals surface area contributed by atoms with Crippen molar-refractivity contribution in [2.45, 2.75) is 20.4 Å². The maximum atomic E-state index is 11.6. The second kappa shape index (κ2) is 5.81. The highest BCUT2D eigenvalue weighted by atomic mass is 32.2. The minimum absolute atomic E-state index is 0.139. The van der Waals surface area contributed by atoms with Crippen LogP contribution in [0.5, 0.6) is 0 Å². The molecule has 0 saturated carbocycles. The Morgan fingerprint density at radius 1 is 1.53 bits per heavy atom. The SMILES string of the molecule is Cc1nn(CC(=O)NCCS(C)=O)c(C)c1N. The van der Waals surface area contributed by atoms with Gasteiger partial charge in [-0.2, -0.15) is 5.10 Å². The summed E-state index contributed by atoms with van der Waals surface area (Å²) in [4.78, 5) is 11.6. The normalized spacial score (nSPS) is 12.4. The van der Waals surface area contributed by atoms with Crippen LogP contribution in [0, 0.1) is 13.8 Å². The molecule has 0 radical (unpaired) electrons. The van der Waals surface area contributed by atoms with E-state index in [1.807, 2.05) is 6.92 Å². The lowest BCUT2D eigenvalue weighted by molar-refractivity contribution is -0.121. The lowest BCUT2D eigenvalue weighted by atomic mass is 10.3. The molecule has 0 fully saturated rings. The average Bonchev–Trinajstić information content (AvgIpc) is 2.46. The Kier molecular flexibility index (Phi) is 4.68. The molecule has 0 aromatic carbocycles. The van der Waals surface area contributed by atoms with E-state index < -0.39 is 10.8 Å². The zero-order valence-electron chi connectivity index (χ0n) is 10.3. The Bertz CT molecular complexity index is 442. The molecule has 1 aromatic heterocycles. The molecule has 1 rings (SSSR count). The number of nitrogens with two attached hydrogens (primary N) is 1. The summed E-state index contributed by atoms with van der Waals surface area (Å²) in [5, 5.41) is 6.85. The first kappa shape index (κ1) is 13.7. The molecular weight excluding hydrogens is 240 g/mol. The molecule has 1 amide bonds. The summed E-state index contributed by atoms with van der Waals surface area (Å²) in [5.41, 5.74) is 7.90. The molecule has 96 valence electrons. The molecule has 1 unspecified atom stereocenters. The predicted molar refractivity (Wildman–Crippen MR) is 68.1 cm³/mol. The molecule has 1 heterocycles. The highest BCUT2D eigenvalue weighted by Crippen LogP contribution is 2.14. The summed E-state index contributed by atoms with van der Waals surface area (Å²) in [6, 6.07) is 0. The van der Waals surface area contributed by atoms with Gasteiger partial charge in [-0.15, -0.1) is 0 Å². The first-order valence-corrected chi connectivity index (χ1v) is 7.00. The van der Waals surface area contributed by atoms with E-state index in [0.29, 0.717) is 18.0 Å². The van der Waals surface area contributed by atoms with Gasteiger partial charge in [0.25, 0.3) is 0 Å². The monoisotopic (exact) mass is 258 g/mol. The Labute approximate surface area is 103 Å². The fourth-order valence-corrected chi connectivity index (χ4v) is 1.78. The third-order valence-corrected chi connectivity index (χ3v) is 3.22. The third-order valence-electron chi connectivity index (χ3n) is 2.44. The Morgan fingerprint density at radius 2 is 2.18 bits per heavy atom. The maximum absolute atomic E-state index is 11.6. The highest BCUT2D eigenvalue weighted by Gasteiger charge is 2.10. The minimum atomic E-state index is -0.890. The van der Waals surface area contributed by atoms with E-state index in [9.17, 15) is 9.00 Å². The van der Waals surface area contributed by atoms with Crippen LogP contribution >= 0.6 is 0 Å². The number of amides is 1. The zero-order chi connectivity index (χ0) is 13.0. The number of carbonyl (C=O) groups is 1. The molecule has 6 nitrogen and oxygen atoms in total. The molecule has 0 aliphatic rings. The first-order chi connectivity index (χ1) is 7.91. The van der Waals surface area contributed by atoms with Gasteiger partial charge in [0.15, 0.2) is 0 Å². The van der Waals surface area contributed by atoms with Gasteiger partial charge in [-0.25, -0.2) is 0 Å². The second-order valence-corrected chi connectivity index (χ2v) is 5.42. The van der Waals surface area contributed by atoms with Crippen molar-refractivity contribution < 1.29 is 9.00 Å². The van der Waals surface area contributed by atoms with Gasteiger partial charge in [0.1, 0.15) is 6.54 Å². The van der Waals surface area contributed by atoms with Crippen molar-refractivity contribution >= 4 is 22.4 Å². The van der Waals surface area contributed by atoms with Gasteiger partial charge in [-0.05, 0) is 13.8 Å². The average molecular weight is 258 g/mol. The molecule has 0 spiro atoms. The first-order valence-electron chi connectivity index (χ1n) is 5.28. The summed E-state index contributed by atoms with van der Waals surface area (Å²) in [5.74, 6) is 0.311. The summed E-state index contributed by atoms with van der Waals surface area (Å²) >= 11 is 0. The molecule has 0 bridgehead atoms. The molecule has 0 aliphatic carbocycles. The molecule has 17 heavy (non-hydrogen) atoms. The van der Waals surface area contributed by atoms with Crippen molar-refractivity contribution in [3.05, 3.63) is 11.4 Å². The number of carbonyl (C=O) groups excluding carboxylic acids is 1. The summed E-state index contributed by atoms with van der Waals surface area (Å²) < 4.78 is 12.4. The lowest BCUT2D eigenvalue weighted by Crippen LogP contribution is -2.31. The molecule has 7 heteroatoms. The third kappa shape index (κ3) is 3.85. The summed E-state index contributed by atoms with van der Waals surface area (Å²) in [6.45, 7) is 4.18. The van der Waals surface area contributed by atoms with Crippen LogP contribution in [0.15, 0.2) is 0 Å². The van der Waals surface area contributed by atoms with Gasteiger partial charge in [0.2, 0.25) is 5.91 Å². The number of rotatable bonds is 5. The standard InChI is InChI=1S/C10H18N4O2S/c1-7-10(11)8(2)14(13-7)6-9(15)12-4-5-17(3)16/h4-6,11H2,1-3H3,(H,12,15). The van der Waals surface area contributed by atoms with Gasteiger partial charge in [-0.3, -0.25) is 13.7 Å². The number of aryl methyl sites for hydroxylation is 1. The van der Waals surface area contributed by atoms with Gasteiger partial charge >= 0.3 is 0 Å². The van der Waals surface area contributed by atoms with Gasteiger partial charge in [0.05, 0.1) is 17.1 Å². The van der Waals surface area contributed by atoms with Crippen molar-refractivity contribution in [1.29, 1.82) is 0 Å². The number of nitrogens with one attached hydrogen (secondary N) is 1. The van der Waals surface area contributed by atoms with Crippen molar-refractivity contribution in [3.8, 4) is 0 Å². The molecule has 1 atom stereocenters. The van der Waals surface area contributed by atoms with Crippen LogP contribution in [0.25, 0.3) is 0 Å². The molecule has 3 N–H and O–H groups in total. The van der Waals surface area contributed by atoms with Crippen LogP contribution in [0.2, 0.25) is 0 Å². The van der Waals surface area contributed by atoms with Gasteiger partial charge in [0, 0.05) is 29.4 Å². The molecular formula is C10H18N4O2S. The fraction of sp³-hybridized carbons (Fsp3) is 0.600. The predicted octanol–water partition coefficient (Wildman–Crippen LogP) is -0.423. The van der Waals surface area contributed by atoms with E-state index in [1.54, 1.807) is 17.9 Å². The Morgan fingerprint density at radius 3 is 2.65 bits per heavy atom. The number of nitrogen functional groups attached to an aromatic ring is 1. The van der Waals surface area contributed by atoms with Gasteiger partial charge < -0.3 is 11.1 Å². The lowest BCUT2D eigenvalue weighted by Gasteiger charge is -2.05. The fourth-order valence-electron chi connectivity index (χ4n) is 1.39. The van der Waals surface area contributed by atoms with Crippen LogP contribution in [-0.4, -0.2) is 38.4 Å². The van der Waals surface area contributed by atoms with Crippen LogP contribution in [0.3, 0.4) is 0 Å². The smallest absolute Gasteiger partial charge is 0.241 e. The van der Waals surface area contributed by atoms with E-state index in [1.165, 1.54) is 0 Å². The second-order valence-electron chi connectivity index (χ2n) is 3.87. The van der Waals surface area contributed by atoms with Crippen LogP contribution in [0.1, 0.15) is 11.4 Å². The minimum Gasteiger partial charge on any atom is -0.396 e. The van der Waals surface area contributed by atoms with Crippen molar-refractivity contribution in [2.75, 3.05) is 24.3 Å². The molecule has 0 saturated heterocycles. The van der Waals surface area contributed by atoms with Gasteiger partial charge in [-0.1, -0.05) is 0 Å². The van der Waals surface area contributed by atoms with Crippen molar-refractivity contribution in [3.63, 3.8) is 0 Å². The molecule has 0 aliphatic heterocycles. The maximum Gasteiger partial charge on any atom is 0.241 e. The van der Waals surface area contributed by atoms with Crippen LogP contribution in [-0.2, 0) is 22.1 Å². The van der Waals surface area contributed by atoms with E-state index in [2.05, 4.69) is 10.4 Å².